The van der Waals surface area contributed by atoms with E-state index in [1.54, 1.807) is 61.2 Å². The van der Waals surface area contributed by atoms with E-state index in [-0.39, 0.29) is 11.8 Å². The number of fused-ring (bicyclic) bond motifs is 2. The van der Waals surface area contributed by atoms with Crippen LogP contribution in [-0.4, -0.2) is 31.8 Å². The molecule has 0 aliphatic heterocycles. The van der Waals surface area contributed by atoms with Crippen molar-refractivity contribution in [3.8, 4) is 0 Å². The summed E-state index contributed by atoms with van der Waals surface area (Å²) in [6, 6.07) is 25.7. The third-order valence-corrected chi connectivity index (χ3v) is 6.24. The van der Waals surface area contributed by atoms with Crippen molar-refractivity contribution in [2.45, 2.75) is 13.8 Å². The average Bonchev–Trinajstić information content (AvgIpc) is 2.99. The number of aromatic nitrogens is 4. The fourth-order valence-corrected chi connectivity index (χ4v) is 4.32. The van der Waals surface area contributed by atoms with Gasteiger partial charge in [0.2, 0.25) is 0 Å². The van der Waals surface area contributed by atoms with Crippen molar-refractivity contribution < 1.29 is 9.59 Å². The zero-order valence-electron chi connectivity index (χ0n) is 22.0. The van der Waals surface area contributed by atoms with Gasteiger partial charge in [-0.3, -0.25) is 29.5 Å². The minimum atomic E-state index is -0.221. The molecule has 0 spiro atoms. The minimum absolute atomic E-state index is 0.221. The van der Waals surface area contributed by atoms with Crippen molar-refractivity contribution in [3.63, 3.8) is 0 Å². The van der Waals surface area contributed by atoms with Crippen molar-refractivity contribution in [3.05, 3.63) is 132 Å². The van der Waals surface area contributed by atoms with E-state index in [1.165, 1.54) is 0 Å². The Bertz CT molecular complexity index is 1660. The number of carbonyl (C=O) groups excluding carboxylic acids is 2. The third-order valence-electron chi connectivity index (χ3n) is 6.24. The van der Waals surface area contributed by atoms with Crippen LogP contribution < -0.4 is 10.6 Å². The van der Waals surface area contributed by atoms with Crippen LogP contribution in [0.25, 0.3) is 21.8 Å². The fourth-order valence-electron chi connectivity index (χ4n) is 4.32. The fraction of sp³-hybridized carbons (Fsp3) is 0.0625. The van der Waals surface area contributed by atoms with Crippen LogP contribution in [0.4, 0.5) is 11.4 Å². The molecule has 6 rings (SSSR count). The first-order valence-electron chi connectivity index (χ1n) is 12.6. The molecule has 2 N–H and O–H groups in total. The summed E-state index contributed by atoms with van der Waals surface area (Å²) in [6.07, 6.45) is 6.74. The zero-order valence-corrected chi connectivity index (χ0v) is 22.0. The highest BCUT2D eigenvalue weighted by molar-refractivity contribution is 6.09. The number of hydrogen-bond donors (Lipinski definition) is 2. The largest absolute Gasteiger partial charge is 0.320 e. The summed E-state index contributed by atoms with van der Waals surface area (Å²) in [7, 11) is 0. The topological polar surface area (TPSA) is 110 Å². The predicted octanol–water partition coefficient (Wildman–Crippen LogP) is 6.38. The second-order valence-electron chi connectivity index (χ2n) is 8.99. The van der Waals surface area contributed by atoms with E-state index in [4.69, 9.17) is 0 Å². The van der Waals surface area contributed by atoms with E-state index in [0.29, 0.717) is 11.4 Å². The first kappa shape index (κ1) is 26.1. The van der Waals surface area contributed by atoms with E-state index < -0.39 is 0 Å². The summed E-state index contributed by atoms with van der Waals surface area (Å²) in [6.45, 7) is 4.00. The van der Waals surface area contributed by atoms with Crippen LogP contribution in [0.5, 0.6) is 0 Å². The Balaban J connectivity index is 0.000000161. The lowest BCUT2D eigenvalue weighted by atomic mass is 10.1. The number of amides is 2. The molecule has 0 aliphatic rings. The van der Waals surface area contributed by atoms with Gasteiger partial charge in [0.05, 0.1) is 22.4 Å². The Morgan fingerprint density at radius 1 is 0.500 bits per heavy atom. The number of carbonyl (C=O) groups is 2. The van der Waals surface area contributed by atoms with Crippen LogP contribution in [0.1, 0.15) is 32.1 Å². The van der Waals surface area contributed by atoms with E-state index >= 15 is 0 Å². The SMILES string of the molecule is Cc1ccnc2cccc(NC(=O)c3ccccn3)c12.Cc1ccnc2cccc(NC(=O)c3ccccn3)c12. The van der Waals surface area contributed by atoms with Gasteiger partial charge in [-0.1, -0.05) is 24.3 Å². The molecule has 0 aliphatic carbocycles. The third kappa shape index (κ3) is 5.81. The standard InChI is InChI=1S/2C16H13N3O/c2*1-11-8-10-18-12-6-4-7-13(15(11)12)19-16(20)14-5-2-3-9-17-14/h2*2-10H,1H3,(H,19,20). The Labute approximate surface area is 231 Å². The first-order chi connectivity index (χ1) is 19.5. The van der Waals surface area contributed by atoms with Gasteiger partial charge in [0.1, 0.15) is 11.4 Å². The van der Waals surface area contributed by atoms with Gasteiger partial charge >= 0.3 is 0 Å². The molecule has 0 saturated heterocycles. The minimum Gasteiger partial charge on any atom is -0.320 e. The van der Waals surface area contributed by atoms with Gasteiger partial charge in [0, 0.05) is 35.6 Å². The van der Waals surface area contributed by atoms with Crippen LogP contribution >= 0.6 is 0 Å². The van der Waals surface area contributed by atoms with Gasteiger partial charge < -0.3 is 10.6 Å². The molecule has 2 aromatic carbocycles. The van der Waals surface area contributed by atoms with Gasteiger partial charge in [-0.2, -0.15) is 0 Å². The van der Waals surface area contributed by atoms with Crippen molar-refractivity contribution >= 4 is 45.0 Å². The predicted molar refractivity (Wildman–Crippen MR) is 157 cm³/mol. The number of hydrogen-bond acceptors (Lipinski definition) is 6. The summed E-state index contributed by atoms with van der Waals surface area (Å²) in [5, 5.41) is 7.72. The summed E-state index contributed by atoms with van der Waals surface area (Å²) < 4.78 is 0. The molecule has 0 saturated carbocycles. The molecule has 0 atom stereocenters. The van der Waals surface area contributed by atoms with Gasteiger partial charge in [-0.05, 0) is 85.6 Å². The molecule has 196 valence electrons. The van der Waals surface area contributed by atoms with Crippen molar-refractivity contribution in [1.82, 2.24) is 19.9 Å². The number of nitrogens with zero attached hydrogens (tertiary/aromatic N) is 4. The summed E-state index contributed by atoms with van der Waals surface area (Å²) in [4.78, 5) is 41.1. The van der Waals surface area contributed by atoms with Crippen LogP contribution in [0, 0.1) is 13.8 Å². The Kier molecular flexibility index (Phi) is 7.78. The van der Waals surface area contributed by atoms with Crippen LogP contribution in [0.2, 0.25) is 0 Å². The quantitative estimate of drug-likeness (QED) is 0.276. The maximum atomic E-state index is 12.2. The summed E-state index contributed by atoms with van der Waals surface area (Å²) >= 11 is 0. The maximum absolute atomic E-state index is 12.2. The van der Waals surface area contributed by atoms with Crippen molar-refractivity contribution in [2.24, 2.45) is 0 Å². The monoisotopic (exact) mass is 526 g/mol. The van der Waals surface area contributed by atoms with Crippen molar-refractivity contribution in [2.75, 3.05) is 10.6 Å². The highest BCUT2D eigenvalue weighted by Gasteiger charge is 2.12. The molecule has 0 bridgehead atoms. The van der Waals surface area contributed by atoms with Crippen LogP contribution in [0.3, 0.4) is 0 Å². The smallest absolute Gasteiger partial charge is 0.274 e. The normalized spacial score (nSPS) is 10.4. The molecule has 0 unspecified atom stereocenters. The van der Waals surface area contributed by atoms with E-state index in [0.717, 1.165) is 44.3 Å². The molecule has 6 aromatic rings. The Morgan fingerprint density at radius 3 is 1.35 bits per heavy atom. The van der Waals surface area contributed by atoms with Gasteiger partial charge in [0.25, 0.3) is 11.8 Å². The molecule has 8 heteroatoms. The number of anilines is 2. The molecule has 2 amide bonds. The lowest BCUT2D eigenvalue weighted by Crippen LogP contribution is -2.13. The lowest BCUT2D eigenvalue weighted by molar-refractivity contribution is 0.101. The number of aryl methyl sites for hydroxylation is 2. The average molecular weight is 527 g/mol. The van der Waals surface area contributed by atoms with Crippen LogP contribution in [0.15, 0.2) is 110 Å². The molecule has 40 heavy (non-hydrogen) atoms. The maximum Gasteiger partial charge on any atom is 0.274 e. The number of pyridine rings is 4. The van der Waals surface area contributed by atoms with Gasteiger partial charge in [-0.15, -0.1) is 0 Å². The molecular weight excluding hydrogens is 500 g/mol. The van der Waals surface area contributed by atoms with Crippen LogP contribution in [-0.2, 0) is 0 Å². The summed E-state index contributed by atoms with van der Waals surface area (Å²) in [5.41, 5.74) is 6.18. The number of nitrogens with one attached hydrogen (secondary N) is 2. The number of benzene rings is 2. The van der Waals surface area contributed by atoms with Gasteiger partial charge in [-0.25, -0.2) is 0 Å². The van der Waals surface area contributed by atoms with E-state index in [1.807, 2.05) is 62.4 Å². The van der Waals surface area contributed by atoms with E-state index in [2.05, 4.69) is 30.6 Å². The second-order valence-corrected chi connectivity index (χ2v) is 8.99. The molecular formula is C32H26N6O2. The Morgan fingerprint density at radius 2 is 0.950 bits per heavy atom. The van der Waals surface area contributed by atoms with E-state index in [9.17, 15) is 9.59 Å². The molecule has 8 nitrogen and oxygen atoms in total. The first-order valence-corrected chi connectivity index (χ1v) is 12.6. The lowest BCUT2D eigenvalue weighted by Gasteiger charge is -2.09. The summed E-state index contributed by atoms with van der Waals surface area (Å²) in [5.74, 6) is -0.442. The second kappa shape index (κ2) is 11.9. The highest BCUT2D eigenvalue weighted by Crippen LogP contribution is 2.26. The number of rotatable bonds is 4. The zero-order chi connectivity index (χ0) is 27.9. The Hall–Kier alpha value is -5.50. The van der Waals surface area contributed by atoms with Gasteiger partial charge in [0.15, 0.2) is 0 Å². The molecule has 0 radical (unpaired) electrons. The van der Waals surface area contributed by atoms with Crippen molar-refractivity contribution in [1.29, 1.82) is 0 Å². The molecule has 4 aromatic heterocycles. The molecule has 0 fully saturated rings. The highest BCUT2D eigenvalue weighted by atomic mass is 16.2. The molecule has 4 heterocycles.